The third-order valence-corrected chi connectivity index (χ3v) is 8.72. The van der Waals surface area contributed by atoms with Gasteiger partial charge in [-0.1, -0.05) is 18.2 Å². The van der Waals surface area contributed by atoms with Crippen molar-refractivity contribution in [1.82, 2.24) is 10.3 Å². The molecule has 3 aromatic rings. The van der Waals surface area contributed by atoms with Crippen molar-refractivity contribution in [2.45, 2.75) is 70.2 Å². The Hall–Kier alpha value is -3.38. The van der Waals surface area contributed by atoms with Crippen LogP contribution in [-0.4, -0.2) is 28.8 Å². The Morgan fingerprint density at radius 3 is 2.50 bits per heavy atom. The van der Waals surface area contributed by atoms with E-state index in [4.69, 9.17) is 21.9 Å². The Kier molecular flexibility index (Phi) is 6.39. The standard InChI is InChI=1S/C32H36N4OS/c1-21-20-32(2,3)35(4)28-17-12-22(19-26(21)28)30-29(27-11-7-8-18-33-27)34-31(38)36(30)23-13-15-25(16-14-23)37-24-9-5-6-10-24/h7-8,11-20,24,29-30H,5-6,9-10H2,1-4H3,(H,34,38)/t29-,30-/m0/s1. The zero-order valence-electron chi connectivity index (χ0n) is 22.6. The van der Waals surface area contributed by atoms with Crippen LogP contribution in [0.25, 0.3) is 5.57 Å². The molecule has 2 atom stereocenters. The van der Waals surface area contributed by atoms with Gasteiger partial charge in [-0.15, -0.1) is 0 Å². The lowest BCUT2D eigenvalue weighted by molar-refractivity contribution is 0.210. The molecule has 2 aromatic carbocycles. The van der Waals surface area contributed by atoms with E-state index in [0.717, 1.165) is 30.0 Å². The van der Waals surface area contributed by atoms with E-state index >= 15 is 0 Å². The zero-order valence-corrected chi connectivity index (χ0v) is 23.5. The first-order chi connectivity index (χ1) is 18.3. The first-order valence-electron chi connectivity index (χ1n) is 13.7. The van der Waals surface area contributed by atoms with Gasteiger partial charge in [0.1, 0.15) is 5.75 Å². The van der Waals surface area contributed by atoms with Crippen LogP contribution < -0.4 is 19.9 Å². The zero-order chi connectivity index (χ0) is 26.4. The van der Waals surface area contributed by atoms with Crippen molar-refractivity contribution in [3.8, 4) is 5.75 Å². The summed E-state index contributed by atoms with van der Waals surface area (Å²) >= 11 is 5.95. The minimum Gasteiger partial charge on any atom is -0.490 e. The van der Waals surface area contributed by atoms with E-state index in [1.165, 1.54) is 35.2 Å². The molecular formula is C32H36N4OS. The molecule has 3 heterocycles. The summed E-state index contributed by atoms with van der Waals surface area (Å²) in [6.45, 7) is 6.73. The number of benzene rings is 2. The number of rotatable bonds is 5. The van der Waals surface area contributed by atoms with Crippen molar-refractivity contribution < 1.29 is 4.74 Å². The lowest BCUT2D eigenvalue weighted by Crippen LogP contribution is -2.42. The molecule has 0 spiro atoms. The maximum atomic E-state index is 6.23. The molecule has 0 bridgehead atoms. The number of likely N-dealkylation sites (N-methyl/N-ethyl adjacent to an activating group) is 1. The predicted molar refractivity (Wildman–Crippen MR) is 160 cm³/mol. The lowest BCUT2D eigenvalue weighted by Gasteiger charge is -2.41. The quantitative estimate of drug-likeness (QED) is 0.356. The molecule has 0 unspecified atom stereocenters. The van der Waals surface area contributed by atoms with Crippen molar-refractivity contribution in [3.05, 3.63) is 89.8 Å². The van der Waals surface area contributed by atoms with Crippen LogP contribution in [0.5, 0.6) is 5.75 Å². The van der Waals surface area contributed by atoms with Gasteiger partial charge >= 0.3 is 0 Å². The van der Waals surface area contributed by atoms with Crippen molar-refractivity contribution in [3.63, 3.8) is 0 Å². The van der Waals surface area contributed by atoms with Crippen LogP contribution in [0.2, 0.25) is 0 Å². The number of hydrogen-bond acceptors (Lipinski definition) is 4. The molecule has 2 fully saturated rings. The van der Waals surface area contributed by atoms with Crippen LogP contribution in [0.1, 0.15) is 75.4 Å². The number of fused-ring (bicyclic) bond motifs is 1. The van der Waals surface area contributed by atoms with Gasteiger partial charge in [0, 0.05) is 30.2 Å². The summed E-state index contributed by atoms with van der Waals surface area (Å²) in [5.74, 6) is 0.928. The Balaban J connectivity index is 1.39. The van der Waals surface area contributed by atoms with Gasteiger partial charge in [-0.3, -0.25) is 4.98 Å². The fourth-order valence-corrected chi connectivity index (χ4v) is 6.56. The minimum absolute atomic E-state index is 0.0279. The lowest BCUT2D eigenvalue weighted by atomic mass is 9.86. The van der Waals surface area contributed by atoms with E-state index in [1.54, 1.807) is 0 Å². The number of anilines is 2. The second kappa shape index (κ2) is 9.73. The van der Waals surface area contributed by atoms with Crippen LogP contribution in [-0.2, 0) is 0 Å². The summed E-state index contributed by atoms with van der Waals surface area (Å²) < 4.78 is 6.23. The molecule has 1 saturated carbocycles. The molecule has 0 amide bonds. The molecule has 196 valence electrons. The number of nitrogens with one attached hydrogen (secondary N) is 1. The van der Waals surface area contributed by atoms with Gasteiger partial charge in [0.25, 0.3) is 0 Å². The van der Waals surface area contributed by atoms with Crippen LogP contribution in [0, 0.1) is 0 Å². The minimum atomic E-state index is -0.0711. The first kappa shape index (κ1) is 24.9. The van der Waals surface area contributed by atoms with Gasteiger partial charge in [0.05, 0.1) is 29.4 Å². The van der Waals surface area contributed by atoms with Gasteiger partial charge in [-0.2, -0.15) is 0 Å². The van der Waals surface area contributed by atoms with Gasteiger partial charge in [0.2, 0.25) is 0 Å². The van der Waals surface area contributed by atoms with Crippen LogP contribution >= 0.6 is 12.2 Å². The summed E-state index contributed by atoms with van der Waals surface area (Å²) in [5.41, 5.74) is 7.02. The molecule has 6 rings (SSSR count). The van der Waals surface area contributed by atoms with Crippen LogP contribution in [0.4, 0.5) is 11.4 Å². The predicted octanol–water partition coefficient (Wildman–Crippen LogP) is 7.21. The molecule has 3 aliphatic rings. The van der Waals surface area contributed by atoms with E-state index in [1.807, 2.05) is 18.3 Å². The van der Waals surface area contributed by atoms with Gasteiger partial charge in [-0.25, -0.2) is 0 Å². The molecule has 38 heavy (non-hydrogen) atoms. The molecule has 5 nitrogen and oxygen atoms in total. The van der Waals surface area contributed by atoms with Crippen molar-refractivity contribution in [2.24, 2.45) is 0 Å². The van der Waals surface area contributed by atoms with Crippen LogP contribution in [0.3, 0.4) is 0 Å². The molecule has 6 heteroatoms. The molecule has 2 aliphatic heterocycles. The monoisotopic (exact) mass is 524 g/mol. The first-order valence-corrected chi connectivity index (χ1v) is 14.1. The highest BCUT2D eigenvalue weighted by Crippen LogP contribution is 2.45. The average molecular weight is 525 g/mol. The molecule has 1 aliphatic carbocycles. The third kappa shape index (κ3) is 4.45. The average Bonchev–Trinajstić information content (AvgIpc) is 3.55. The second-order valence-corrected chi connectivity index (χ2v) is 11.7. The summed E-state index contributed by atoms with van der Waals surface area (Å²) in [5, 5.41) is 4.30. The number of allylic oxidation sites excluding steroid dienone is 1. The number of hydrogen-bond donors (Lipinski definition) is 1. The van der Waals surface area contributed by atoms with E-state index < -0.39 is 0 Å². The fraction of sp³-hybridized carbons (Fsp3) is 0.375. The van der Waals surface area contributed by atoms with Gasteiger partial charge in [-0.05, 0) is 118 Å². The SMILES string of the molecule is CC1=CC(C)(C)N(C)c2ccc([C@H]3[C@H](c4ccccn4)NC(=S)N3c3ccc(OC4CCCC4)cc3)cc21. The number of nitrogens with zero attached hydrogens (tertiary/aromatic N) is 3. The van der Waals surface area contributed by atoms with Crippen molar-refractivity contribution >= 4 is 34.3 Å². The normalized spacial score (nSPS) is 22.7. The third-order valence-electron chi connectivity index (χ3n) is 8.40. The highest BCUT2D eigenvalue weighted by Gasteiger charge is 2.41. The Morgan fingerprint density at radius 2 is 1.79 bits per heavy atom. The highest BCUT2D eigenvalue weighted by molar-refractivity contribution is 7.80. The largest absolute Gasteiger partial charge is 0.490 e. The van der Waals surface area contributed by atoms with Crippen LogP contribution in [0.15, 0.2) is 72.9 Å². The molecule has 1 aromatic heterocycles. The number of ether oxygens (including phenoxy) is 1. The number of pyridine rings is 1. The number of aromatic nitrogens is 1. The fourth-order valence-electron chi connectivity index (χ4n) is 6.22. The Labute approximate surface area is 231 Å². The Morgan fingerprint density at radius 1 is 1.03 bits per heavy atom. The van der Waals surface area contributed by atoms with Crippen molar-refractivity contribution in [2.75, 3.05) is 16.8 Å². The topological polar surface area (TPSA) is 40.6 Å². The van der Waals surface area contributed by atoms with E-state index in [2.05, 4.69) is 97.5 Å². The van der Waals surface area contributed by atoms with E-state index in [-0.39, 0.29) is 17.6 Å². The summed E-state index contributed by atoms with van der Waals surface area (Å²) in [6, 6.07) is 21.2. The summed E-state index contributed by atoms with van der Waals surface area (Å²) in [4.78, 5) is 9.31. The van der Waals surface area contributed by atoms with Gasteiger partial charge < -0.3 is 19.9 Å². The second-order valence-electron chi connectivity index (χ2n) is 11.3. The molecular weight excluding hydrogens is 488 g/mol. The van der Waals surface area contributed by atoms with Gasteiger partial charge in [0.15, 0.2) is 5.11 Å². The molecule has 1 N–H and O–H groups in total. The smallest absolute Gasteiger partial charge is 0.174 e. The van der Waals surface area contributed by atoms with E-state index in [9.17, 15) is 0 Å². The maximum absolute atomic E-state index is 6.23. The summed E-state index contributed by atoms with van der Waals surface area (Å²) in [6.07, 6.45) is 9.36. The number of thiocarbonyl (C=S) groups is 1. The highest BCUT2D eigenvalue weighted by atomic mass is 32.1. The molecule has 1 saturated heterocycles. The summed E-state index contributed by atoms with van der Waals surface area (Å²) in [7, 11) is 2.17. The van der Waals surface area contributed by atoms with E-state index in [0.29, 0.717) is 11.2 Å². The molecule has 0 radical (unpaired) electrons. The van der Waals surface area contributed by atoms with Crippen molar-refractivity contribution in [1.29, 1.82) is 0 Å². The maximum Gasteiger partial charge on any atom is 0.174 e. The Bertz CT molecular complexity index is 1360.